The maximum atomic E-state index is 12.7. The summed E-state index contributed by atoms with van der Waals surface area (Å²) in [5.41, 5.74) is 1.28. The Labute approximate surface area is 171 Å². The van der Waals surface area contributed by atoms with Crippen LogP contribution in [0.2, 0.25) is 0 Å². The van der Waals surface area contributed by atoms with Crippen molar-refractivity contribution in [1.82, 2.24) is 14.9 Å². The van der Waals surface area contributed by atoms with E-state index in [-0.39, 0.29) is 17.9 Å². The number of hydrogen-bond acceptors (Lipinski definition) is 6. The first-order chi connectivity index (χ1) is 13.5. The number of methoxy groups -OCH3 is 1. The summed E-state index contributed by atoms with van der Waals surface area (Å²) in [6, 6.07) is 7.02. The van der Waals surface area contributed by atoms with Crippen LogP contribution in [0.5, 0.6) is 5.88 Å². The Morgan fingerprint density at radius 2 is 2.07 bits per heavy atom. The first kappa shape index (κ1) is 20.1. The summed E-state index contributed by atoms with van der Waals surface area (Å²) in [7, 11) is 1.55. The van der Waals surface area contributed by atoms with Gasteiger partial charge in [-0.2, -0.15) is 4.98 Å². The topological polar surface area (TPSA) is 96.5 Å². The van der Waals surface area contributed by atoms with Crippen molar-refractivity contribution in [2.45, 2.75) is 25.8 Å². The third-order valence-corrected chi connectivity index (χ3v) is 4.99. The van der Waals surface area contributed by atoms with Gasteiger partial charge in [0.25, 0.3) is 5.91 Å². The summed E-state index contributed by atoms with van der Waals surface area (Å²) < 4.78 is 5.86. The minimum atomic E-state index is -0.0562. The molecule has 2 amide bonds. The number of nitrogens with one attached hydrogen (secondary N) is 2. The number of ether oxygens (including phenoxy) is 1. The van der Waals surface area contributed by atoms with Crippen molar-refractivity contribution in [1.29, 1.82) is 0 Å². The van der Waals surface area contributed by atoms with Gasteiger partial charge in [-0.1, -0.05) is 6.92 Å². The fourth-order valence-electron chi connectivity index (χ4n) is 2.94. The minimum absolute atomic E-state index is 0.0352. The van der Waals surface area contributed by atoms with Crippen LogP contribution in [-0.4, -0.2) is 52.9 Å². The lowest BCUT2D eigenvalue weighted by atomic mass is 10.2. The maximum absolute atomic E-state index is 12.7. The van der Waals surface area contributed by atoms with Crippen LogP contribution in [0, 0.1) is 0 Å². The minimum Gasteiger partial charge on any atom is -0.480 e. The maximum Gasteiger partial charge on any atom is 0.253 e. The Bertz CT molecular complexity index is 859. The lowest BCUT2D eigenvalue weighted by Crippen LogP contribution is -2.31. The third-order valence-electron chi connectivity index (χ3n) is 4.45. The predicted molar refractivity (Wildman–Crippen MR) is 110 cm³/mol. The quantitative estimate of drug-likeness (QED) is 0.706. The fourth-order valence-corrected chi connectivity index (χ4v) is 3.29. The second-order valence-corrected chi connectivity index (χ2v) is 7.27. The van der Waals surface area contributed by atoms with Crippen molar-refractivity contribution >= 4 is 39.4 Å². The van der Waals surface area contributed by atoms with E-state index in [1.165, 1.54) is 0 Å². The molecule has 0 bridgehead atoms. The molecule has 1 aromatic carbocycles. The van der Waals surface area contributed by atoms with Crippen LogP contribution < -0.4 is 15.4 Å². The molecule has 2 aromatic rings. The summed E-state index contributed by atoms with van der Waals surface area (Å²) in [6.45, 7) is 3.01. The number of nitrogens with zero attached hydrogens (tertiary/aromatic N) is 3. The van der Waals surface area contributed by atoms with Gasteiger partial charge >= 0.3 is 0 Å². The molecule has 8 nitrogen and oxygen atoms in total. The van der Waals surface area contributed by atoms with E-state index in [1.54, 1.807) is 49.4 Å². The second kappa shape index (κ2) is 9.01. The Morgan fingerprint density at radius 3 is 2.75 bits per heavy atom. The zero-order chi connectivity index (χ0) is 20.1. The van der Waals surface area contributed by atoms with E-state index in [0.717, 1.165) is 6.42 Å². The molecule has 0 unspecified atom stereocenters. The lowest BCUT2D eigenvalue weighted by molar-refractivity contribution is -0.115. The van der Waals surface area contributed by atoms with Crippen molar-refractivity contribution in [3.05, 3.63) is 40.5 Å². The standard InChI is InChI=1S/C19H22BrN5O3/c1-3-16(26)22-13-6-4-12(5-7-13)18(27)25-9-8-14(11-25)23-19-21-10-15(20)17(24-19)28-2/h4-7,10,14H,3,8-9,11H2,1-2H3,(H,22,26)(H,21,23,24)/t14-/m1/s1. The fraction of sp³-hybridized carbons (Fsp3) is 0.368. The largest absolute Gasteiger partial charge is 0.480 e. The van der Waals surface area contributed by atoms with Crippen molar-refractivity contribution in [3.8, 4) is 5.88 Å². The molecule has 0 aliphatic carbocycles. The van der Waals surface area contributed by atoms with Gasteiger partial charge in [-0.05, 0) is 46.6 Å². The van der Waals surface area contributed by atoms with Gasteiger partial charge in [-0.25, -0.2) is 4.98 Å². The molecule has 2 heterocycles. The average molecular weight is 448 g/mol. The molecular weight excluding hydrogens is 426 g/mol. The molecule has 28 heavy (non-hydrogen) atoms. The van der Waals surface area contributed by atoms with E-state index in [0.29, 0.717) is 47.1 Å². The first-order valence-corrected chi connectivity index (χ1v) is 9.81. The van der Waals surface area contributed by atoms with Crippen molar-refractivity contribution in [3.63, 3.8) is 0 Å². The molecule has 1 atom stereocenters. The summed E-state index contributed by atoms with van der Waals surface area (Å²) in [4.78, 5) is 34.5. The zero-order valence-corrected chi connectivity index (χ0v) is 17.3. The van der Waals surface area contributed by atoms with Crippen molar-refractivity contribution in [2.24, 2.45) is 0 Å². The van der Waals surface area contributed by atoms with Crippen LogP contribution in [0.25, 0.3) is 0 Å². The highest BCUT2D eigenvalue weighted by molar-refractivity contribution is 9.10. The van der Waals surface area contributed by atoms with Gasteiger partial charge in [0.15, 0.2) is 0 Å². The Hall–Kier alpha value is -2.68. The number of likely N-dealkylation sites (tertiary alicyclic amines) is 1. The average Bonchev–Trinajstić information content (AvgIpc) is 3.17. The monoisotopic (exact) mass is 447 g/mol. The zero-order valence-electron chi connectivity index (χ0n) is 15.7. The van der Waals surface area contributed by atoms with Crippen molar-refractivity contribution < 1.29 is 14.3 Å². The van der Waals surface area contributed by atoms with Gasteiger partial charge in [-0.15, -0.1) is 0 Å². The molecule has 1 aliphatic heterocycles. The van der Waals surface area contributed by atoms with Gasteiger partial charge < -0.3 is 20.3 Å². The Balaban J connectivity index is 1.58. The van der Waals surface area contributed by atoms with Gasteiger partial charge in [0, 0.05) is 36.8 Å². The van der Waals surface area contributed by atoms with E-state index in [1.807, 2.05) is 0 Å². The SMILES string of the molecule is CCC(=O)Nc1ccc(C(=O)N2CC[C@@H](Nc3ncc(Br)c(OC)n3)C2)cc1. The number of rotatable bonds is 6. The predicted octanol–water partition coefficient (Wildman–Crippen LogP) is 2.92. The van der Waals surface area contributed by atoms with E-state index in [2.05, 4.69) is 36.5 Å². The number of hydrogen-bond donors (Lipinski definition) is 2. The van der Waals surface area contributed by atoms with Crippen LogP contribution in [-0.2, 0) is 4.79 Å². The second-order valence-electron chi connectivity index (χ2n) is 6.41. The molecule has 0 radical (unpaired) electrons. The number of halogens is 1. The van der Waals surface area contributed by atoms with E-state index in [9.17, 15) is 9.59 Å². The molecule has 1 fully saturated rings. The summed E-state index contributed by atoms with van der Waals surface area (Å²) in [5, 5.41) is 6.03. The van der Waals surface area contributed by atoms with Crippen molar-refractivity contribution in [2.75, 3.05) is 30.8 Å². The van der Waals surface area contributed by atoms with E-state index in [4.69, 9.17) is 4.74 Å². The van der Waals surface area contributed by atoms with Crippen LogP contribution in [0.1, 0.15) is 30.1 Å². The highest BCUT2D eigenvalue weighted by atomic mass is 79.9. The molecule has 3 rings (SSSR count). The number of benzene rings is 1. The Kier molecular flexibility index (Phi) is 6.45. The van der Waals surface area contributed by atoms with Gasteiger partial charge in [-0.3, -0.25) is 9.59 Å². The molecule has 9 heteroatoms. The van der Waals surface area contributed by atoms with Crippen LogP contribution in [0.4, 0.5) is 11.6 Å². The number of carbonyl (C=O) groups is 2. The van der Waals surface area contributed by atoms with Gasteiger partial charge in [0.1, 0.15) is 0 Å². The summed E-state index contributed by atoms with van der Waals surface area (Å²) in [6.07, 6.45) is 2.85. The normalized spacial score (nSPS) is 16.0. The summed E-state index contributed by atoms with van der Waals surface area (Å²) in [5.74, 6) is 0.834. The molecular formula is C19H22BrN5O3. The molecule has 0 saturated carbocycles. The number of amides is 2. The molecule has 1 aromatic heterocycles. The first-order valence-electron chi connectivity index (χ1n) is 9.02. The highest BCUT2D eigenvalue weighted by Crippen LogP contribution is 2.23. The lowest BCUT2D eigenvalue weighted by Gasteiger charge is -2.17. The number of carbonyl (C=O) groups excluding carboxylic acids is 2. The van der Waals surface area contributed by atoms with Gasteiger partial charge in [0.05, 0.1) is 17.8 Å². The van der Waals surface area contributed by atoms with Crippen LogP contribution in [0.15, 0.2) is 34.9 Å². The molecule has 1 saturated heterocycles. The van der Waals surface area contributed by atoms with E-state index < -0.39 is 0 Å². The number of anilines is 2. The molecule has 2 N–H and O–H groups in total. The molecule has 1 aliphatic rings. The smallest absolute Gasteiger partial charge is 0.253 e. The third kappa shape index (κ3) is 4.78. The number of aromatic nitrogens is 2. The van der Waals surface area contributed by atoms with Crippen LogP contribution in [0.3, 0.4) is 0 Å². The van der Waals surface area contributed by atoms with Gasteiger partial charge in [0.2, 0.25) is 17.7 Å². The summed E-state index contributed by atoms with van der Waals surface area (Å²) >= 11 is 3.33. The molecule has 0 spiro atoms. The van der Waals surface area contributed by atoms with E-state index >= 15 is 0 Å². The highest BCUT2D eigenvalue weighted by Gasteiger charge is 2.27. The van der Waals surface area contributed by atoms with Crippen LogP contribution >= 0.6 is 15.9 Å². The molecule has 148 valence electrons. The Morgan fingerprint density at radius 1 is 1.32 bits per heavy atom.